The zero-order chi connectivity index (χ0) is 19.6. The van der Waals surface area contributed by atoms with E-state index in [0.29, 0.717) is 17.9 Å². The third-order valence-electron chi connectivity index (χ3n) is 4.81. The van der Waals surface area contributed by atoms with Crippen LogP contribution in [0, 0.1) is 12.8 Å². The second-order valence-electron chi connectivity index (χ2n) is 6.71. The summed E-state index contributed by atoms with van der Waals surface area (Å²) in [5, 5.41) is 2.99. The predicted molar refractivity (Wildman–Crippen MR) is 106 cm³/mol. The highest BCUT2D eigenvalue weighted by molar-refractivity contribution is 5.94. The van der Waals surface area contributed by atoms with E-state index < -0.39 is 0 Å². The number of aromatic nitrogens is 2. The maximum absolute atomic E-state index is 12.6. The van der Waals surface area contributed by atoms with Crippen LogP contribution >= 0.6 is 0 Å². The van der Waals surface area contributed by atoms with E-state index in [4.69, 9.17) is 9.47 Å². The summed E-state index contributed by atoms with van der Waals surface area (Å²) < 4.78 is 12.6. The lowest BCUT2D eigenvalue weighted by atomic mass is 10.00. The van der Waals surface area contributed by atoms with Crippen LogP contribution in [-0.2, 0) is 18.3 Å². The summed E-state index contributed by atoms with van der Waals surface area (Å²) in [6.07, 6.45) is 0.608. The van der Waals surface area contributed by atoms with Gasteiger partial charge in [-0.1, -0.05) is 13.0 Å². The first-order valence-electron chi connectivity index (χ1n) is 8.87. The molecule has 0 aliphatic heterocycles. The van der Waals surface area contributed by atoms with Gasteiger partial charge in [-0.25, -0.2) is 4.98 Å². The van der Waals surface area contributed by atoms with Gasteiger partial charge in [0.25, 0.3) is 0 Å². The van der Waals surface area contributed by atoms with E-state index in [0.717, 1.165) is 28.1 Å². The van der Waals surface area contributed by atoms with E-state index in [1.807, 2.05) is 61.9 Å². The molecule has 3 rings (SSSR count). The molecular formula is C21H25N3O3. The molecule has 0 bridgehead atoms. The normalized spacial score (nSPS) is 12.0. The number of rotatable bonds is 6. The number of nitrogens with one attached hydrogen (secondary N) is 1. The molecule has 1 unspecified atom stereocenters. The molecule has 0 saturated carbocycles. The summed E-state index contributed by atoms with van der Waals surface area (Å²) in [5.41, 5.74) is 3.69. The summed E-state index contributed by atoms with van der Waals surface area (Å²) >= 11 is 0. The summed E-state index contributed by atoms with van der Waals surface area (Å²) in [6.45, 7) is 3.87. The van der Waals surface area contributed by atoms with Crippen LogP contribution in [0.15, 0.2) is 36.4 Å². The smallest absolute Gasteiger partial charge is 0.227 e. The molecule has 1 amide bonds. The monoisotopic (exact) mass is 367 g/mol. The van der Waals surface area contributed by atoms with Gasteiger partial charge in [-0.2, -0.15) is 0 Å². The van der Waals surface area contributed by atoms with Gasteiger partial charge < -0.3 is 19.4 Å². The van der Waals surface area contributed by atoms with Crippen LogP contribution in [0.3, 0.4) is 0 Å². The number of fused-ring (bicyclic) bond motifs is 1. The fourth-order valence-corrected chi connectivity index (χ4v) is 3.12. The number of ether oxygens (including phenoxy) is 2. The van der Waals surface area contributed by atoms with Gasteiger partial charge in [-0.3, -0.25) is 4.79 Å². The third-order valence-corrected chi connectivity index (χ3v) is 4.81. The second-order valence-corrected chi connectivity index (χ2v) is 6.71. The molecule has 0 radical (unpaired) electrons. The summed E-state index contributed by atoms with van der Waals surface area (Å²) in [6, 6.07) is 11.5. The summed E-state index contributed by atoms with van der Waals surface area (Å²) in [4.78, 5) is 17.1. The molecule has 142 valence electrons. The quantitative estimate of drug-likeness (QED) is 0.721. The topological polar surface area (TPSA) is 65.4 Å². The van der Waals surface area contributed by atoms with Gasteiger partial charge in [-0.15, -0.1) is 0 Å². The minimum Gasteiger partial charge on any atom is -0.493 e. The van der Waals surface area contributed by atoms with Crippen molar-refractivity contribution in [2.75, 3.05) is 19.5 Å². The van der Waals surface area contributed by atoms with Gasteiger partial charge in [0.15, 0.2) is 11.5 Å². The highest BCUT2D eigenvalue weighted by atomic mass is 16.5. The van der Waals surface area contributed by atoms with Crippen LogP contribution in [0.25, 0.3) is 11.0 Å². The summed E-state index contributed by atoms with van der Waals surface area (Å²) in [7, 11) is 5.19. The molecule has 1 heterocycles. The van der Waals surface area contributed by atoms with E-state index in [9.17, 15) is 4.79 Å². The number of aryl methyl sites for hydroxylation is 2. The molecule has 1 aromatic heterocycles. The number of nitrogens with zero attached hydrogens (tertiary/aromatic N) is 2. The van der Waals surface area contributed by atoms with Gasteiger partial charge in [-0.05, 0) is 49.2 Å². The van der Waals surface area contributed by atoms with Crippen molar-refractivity contribution < 1.29 is 14.3 Å². The molecule has 27 heavy (non-hydrogen) atoms. The minimum absolute atomic E-state index is 0.0308. The van der Waals surface area contributed by atoms with Crippen molar-refractivity contribution >= 4 is 22.6 Å². The lowest BCUT2D eigenvalue weighted by Gasteiger charge is -2.14. The number of anilines is 1. The molecule has 0 aliphatic carbocycles. The predicted octanol–water partition coefficient (Wildman–Crippen LogP) is 3.72. The van der Waals surface area contributed by atoms with Crippen LogP contribution < -0.4 is 14.8 Å². The van der Waals surface area contributed by atoms with Crippen LogP contribution in [0.2, 0.25) is 0 Å². The van der Waals surface area contributed by atoms with Gasteiger partial charge >= 0.3 is 0 Å². The molecule has 2 aromatic carbocycles. The number of benzene rings is 2. The second kappa shape index (κ2) is 7.70. The fourth-order valence-electron chi connectivity index (χ4n) is 3.12. The van der Waals surface area contributed by atoms with Gasteiger partial charge in [0.05, 0.1) is 25.3 Å². The average molecular weight is 367 g/mol. The largest absolute Gasteiger partial charge is 0.493 e. The molecule has 0 fully saturated rings. The molecule has 6 heteroatoms. The Morgan fingerprint density at radius 1 is 1.15 bits per heavy atom. The van der Waals surface area contributed by atoms with Crippen LogP contribution in [0.4, 0.5) is 5.69 Å². The molecule has 0 aliphatic rings. The lowest BCUT2D eigenvalue weighted by Crippen LogP contribution is -2.22. The Morgan fingerprint density at radius 2 is 1.89 bits per heavy atom. The lowest BCUT2D eigenvalue weighted by molar-refractivity contribution is -0.119. The SMILES string of the molecule is COc1ccc(CC(C)C(=O)Nc2ccc3c(c2)nc(C)n3C)cc1OC. The van der Waals surface area contributed by atoms with Gasteiger partial charge in [0.2, 0.25) is 5.91 Å². The van der Waals surface area contributed by atoms with E-state index >= 15 is 0 Å². The molecule has 0 saturated heterocycles. The Hall–Kier alpha value is -3.02. The summed E-state index contributed by atoms with van der Waals surface area (Å²) in [5.74, 6) is 2.06. The van der Waals surface area contributed by atoms with E-state index in [1.165, 1.54) is 0 Å². The first-order valence-corrected chi connectivity index (χ1v) is 8.87. The molecule has 6 nitrogen and oxygen atoms in total. The highest BCUT2D eigenvalue weighted by Gasteiger charge is 2.16. The van der Waals surface area contributed by atoms with Crippen molar-refractivity contribution in [3.05, 3.63) is 47.8 Å². The Morgan fingerprint density at radius 3 is 2.59 bits per heavy atom. The van der Waals surface area contributed by atoms with Crippen molar-refractivity contribution in [2.24, 2.45) is 13.0 Å². The average Bonchev–Trinajstić information content (AvgIpc) is 2.94. The van der Waals surface area contributed by atoms with E-state index in [-0.39, 0.29) is 11.8 Å². The standard InChI is InChI=1S/C21H25N3O3/c1-13(10-15-6-9-19(26-4)20(11-15)27-5)21(25)23-16-7-8-18-17(12-16)22-14(2)24(18)3/h6-9,11-13H,10H2,1-5H3,(H,23,25). The number of hydrogen-bond acceptors (Lipinski definition) is 4. The van der Waals surface area contributed by atoms with Crippen LogP contribution in [0.5, 0.6) is 11.5 Å². The molecular weight excluding hydrogens is 342 g/mol. The number of imidazole rings is 1. The van der Waals surface area contributed by atoms with Gasteiger partial charge in [0.1, 0.15) is 5.82 Å². The Labute approximate surface area is 159 Å². The zero-order valence-corrected chi connectivity index (χ0v) is 16.4. The molecule has 0 spiro atoms. The number of amides is 1. The van der Waals surface area contributed by atoms with Crippen molar-refractivity contribution in [3.63, 3.8) is 0 Å². The van der Waals surface area contributed by atoms with Crippen molar-refractivity contribution in [3.8, 4) is 11.5 Å². The Balaban J connectivity index is 1.70. The third kappa shape index (κ3) is 3.89. The fraction of sp³-hybridized carbons (Fsp3) is 0.333. The maximum Gasteiger partial charge on any atom is 0.227 e. The molecule has 1 N–H and O–H groups in total. The van der Waals surface area contributed by atoms with E-state index in [1.54, 1.807) is 14.2 Å². The number of methoxy groups -OCH3 is 2. The van der Waals surface area contributed by atoms with Crippen molar-refractivity contribution in [1.82, 2.24) is 9.55 Å². The zero-order valence-electron chi connectivity index (χ0n) is 16.4. The minimum atomic E-state index is -0.190. The number of carbonyl (C=O) groups excluding carboxylic acids is 1. The van der Waals surface area contributed by atoms with Crippen LogP contribution in [-0.4, -0.2) is 29.7 Å². The van der Waals surface area contributed by atoms with Crippen molar-refractivity contribution in [1.29, 1.82) is 0 Å². The maximum atomic E-state index is 12.6. The Bertz CT molecular complexity index is 978. The molecule has 1 atom stereocenters. The van der Waals surface area contributed by atoms with E-state index in [2.05, 4.69) is 10.3 Å². The first-order chi connectivity index (χ1) is 12.9. The number of carbonyl (C=O) groups is 1. The van der Waals surface area contributed by atoms with Crippen LogP contribution in [0.1, 0.15) is 18.3 Å². The Kier molecular flexibility index (Phi) is 5.35. The van der Waals surface area contributed by atoms with Gasteiger partial charge in [0, 0.05) is 18.7 Å². The number of hydrogen-bond donors (Lipinski definition) is 1. The van der Waals surface area contributed by atoms with Crippen molar-refractivity contribution in [2.45, 2.75) is 20.3 Å². The first kappa shape index (κ1) is 18.8. The highest BCUT2D eigenvalue weighted by Crippen LogP contribution is 2.28. The molecule has 3 aromatic rings.